The average molecular weight is 424 g/mol. The van der Waals surface area contributed by atoms with E-state index in [1.54, 1.807) is 18.2 Å². The number of benzene rings is 1. The molecular formula is C16H17BrF3NO4. The first-order valence-corrected chi connectivity index (χ1v) is 7.98. The van der Waals surface area contributed by atoms with E-state index < -0.39 is 31.1 Å². The van der Waals surface area contributed by atoms with Crippen molar-refractivity contribution in [2.75, 3.05) is 26.8 Å². The van der Waals surface area contributed by atoms with Gasteiger partial charge in [0.05, 0.1) is 13.7 Å². The fourth-order valence-corrected chi connectivity index (χ4v) is 2.27. The van der Waals surface area contributed by atoms with Crippen molar-refractivity contribution in [2.45, 2.75) is 13.1 Å². The molecule has 0 aromatic heterocycles. The molecule has 0 radical (unpaired) electrons. The Balaban J connectivity index is 2.97. The number of rotatable bonds is 7. The van der Waals surface area contributed by atoms with Crippen LogP contribution >= 0.6 is 15.9 Å². The number of ether oxygens (including phenoxy) is 2. The van der Waals surface area contributed by atoms with E-state index in [4.69, 9.17) is 4.74 Å². The highest BCUT2D eigenvalue weighted by Crippen LogP contribution is 2.24. The fourth-order valence-electron chi connectivity index (χ4n) is 1.89. The van der Waals surface area contributed by atoms with Crippen molar-refractivity contribution >= 4 is 33.9 Å². The third kappa shape index (κ3) is 7.59. The Labute approximate surface area is 151 Å². The van der Waals surface area contributed by atoms with Crippen molar-refractivity contribution in [1.29, 1.82) is 0 Å². The normalized spacial score (nSPS) is 11.4. The Bertz CT molecular complexity index is 647. The number of hydrogen-bond donors (Lipinski definition) is 0. The topological polar surface area (TPSA) is 55.8 Å². The lowest BCUT2D eigenvalue weighted by molar-refractivity contribution is -0.164. The highest BCUT2D eigenvalue weighted by molar-refractivity contribution is 9.10. The summed E-state index contributed by atoms with van der Waals surface area (Å²) in [5, 5.41) is 0. The maximum Gasteiger partial charge on any atom is 0.406 e. The number of esters is 1. The summed E-state index contributed by atoms with van der Waals surface area (Å²) < 4.78 is 48.4. The molecule has 1 rings (SSSR count). The van der Waals surface area contributed by atoms with Gasteiger partial charge in [0.1, 0.15) is 18.8 Å². The molecule has 1 amide bonds. The van der Waals surface area contributed by atoms with Crippen molar-refractivity contribution in [3.8, 4) is 5.75 Å². The van der Waals surface area contributed by atoms with E-state index in [-0.39, 0.29) is 6.61 Å². The van der Waals surface area contributed by atoms with Crippen LogP contribution in [0.15, 0.2) is 28.7 Å². The molecule has 0 unspecified atom stereocenters. The fraction of sp³-hybridized carbons (Fsp3) is 0.375. The Kier molecular flexibility index (Phi) is 7.95. The predicted molar refractivity (Wildman–Crippen MR) is 89.0 cm³/mol. The average Bonchev–Trinajstić information content (AvgIpc) is 2.51. The van der Waals surface area contributed by atoms with Crippen molar-refractivity contribution < 1.29 is 32.2 Å². The monoisotopic (exact) mass is 423 g/mol. The number of nitrogens with zero attached hydrogens (tertiary/aromatic N) is 1. The van der Waals surface area contributed by atoms with E-state index in [1.165, 1.54) is 20.1 Å². The lowest BCUT2D eigenvalue weighted by Gasteiger charge is -2.21. The van der Waals surface area contributed by atoms with Crippen molar-refractivity contribution in [3.63, 3.8) is 0 Å². The maximum atomic E-state index is 12.6. The van der Waals surface area contributed by atoms with E-state index in [9.17, 15) is 22.8 Å². The lowest BCUT2D eigenvalue weighted by Crippen LogP contribution is -2.41. The Hall–Kier alpha value is -2.03. The molecule has 0 N–H and O–H groups in total. The van der Waals surface area contributed by atoms with Gasteiger partial charge in [0.15, 0.2) is 0 Å². The SMILES string of the molecule is CCOC(=O)CN(CC(F)(F)F)C(=O)/C=C/c1cc(Br)ccc1OC. The van der Waals surface area contributed by atoms with Gasteiger partial charge in [0, 0.05) is 16.1 Å². The highest BCUT2D eigenvalue weighted by atomic mass is 79.9. The van der Waals surface area contributed by atoms with Gasteiger partial charge in [-0.2, -0.15) is 13.2 Å². The van der Waals surface area contributed by atoms with Gasteiger partial charge >= 0.3 is 12.1 Å². The Morgan fingerprint density at radius 3 is 2.56 bits per heavy atom. The third-order valence-electron chi connectivity index (χ3n) is 2.90. The molecule has 0 atom stereocenters. The predicted octanol–water partition coefficient (Wildman–Crippen LogP) is 3.42. The van der Waals surface area contributed by atoms with Gasteiger partial charge in [-0.05, 0) is 31.2 Å². The molecule has 0 aliphatic heterocycles. The van der Waals surface area contributed by atoms with Gasteiger partial charge in [-0.3, -0.25) is 9.59 Å². The molecule has 5 nitrogen and oxygen atoms in total. The molecule has 0 fully saturated rings. The molecule has 1 aromatic carbocycles. The van der Waals surface area contributed by atoms with E-state index in [2.05, 4.69) is 20.7 Å². The summed E-state index contributed by atoms with van der Waals surface area (Å²) in [5.74, 6) is -1.43. The van der Waals surface area contributed by atoms with Crippen LogP contribution in [0, 0.1) is 0 Å². The second kappa shape index (κ2) is 9.45. The van der Waals surface area contributed by atoms with Crippen molar-refractivity contribution in [1.82, 2.24) is 4.90 Å². The van der Waals surface area contributed by atoms with Crippen LogP contribution in [0.3, 0.4) is 0 Å². The first-order valence-electron chi connectivity index (χ1n) is 7.19. The minimum absolute atomic E-state index is 0.0119. The Morgan fingerprint density at radius 1 is 1.32 bits per heavy atom. The van der Waals surface area contributed by atoms with Crippen LogP contribution in [-0.4, -0.2) is 49.8 Å². The standard InChI is InChI=1S/C16H17BrF3NO4/c1-3-25-15(23)9-21(10-16(18,19)20)14(22)7-4-11-8-12(17)5-6-13(11)24-2/h4-8H,3,9-10H2,1-2H3/b7-4+. The number of carbonyl (C=O) groups excluding carboxylic acids is 2. The Morgan fingerprint density at radius 2 is 2.00 bits per heavy atom. The summed E-state index contributed by atoms with van der Waals surface area (Å²) in [6.45, 7) is -0.804. The summed E-state index contributed by atoms with van der Waals surface area (Å²) in [5.41, 5.74) is 0.494. The molecular weight excluding hydrogens is 407 g/mol. The quantitative estimate of drug-likeness (QED) is 0.497. The molecule has 0 aliphatic carbocycles. The number of amides is 1. The number of halogens is 4. The van der Waals surface area contributed by atoms with Crippen molar-refractivity contribution in [2.24, 2.45) is 0 Å². The molecule has 0 aliphatic rings. The second-order valence-electron chi connectivity index (χ2n) is 4.83. The number of hydrogen-bond acceptors (Lipinski definition) is 4. The van der Waals surface area contributed by atoms with Crippen LogP contribution in [0.4, 0.5) is 13.2 Å². The van der Waals surface area contributed by atoms with E-state index in [0.29, 0.717) is 20.7 Å². The zero-order chi connectivity index (χ0) is 19.0. The van der Waals surface area contributed by atoms with E-state index in [1.807, 2.05) is 0 Å². The third-order valence-corrected chi connectivity index (χ3v) is 3.40. The first-order chi connectivity index (χ1) is 11.7. The smallest absolute Gasteiger partial charge is 0.406 e. The summed E-state index contributed by atoms with van der Waals surface area (Å²) in [6, 6.07) is 5.00. The molecule has 0 bridgehead atoms. The molecule has 0 heterocycles. The summed E-state index contributed by atoms with van der Waals surface area (Å²) >= 11 is 3.26. The van der Waals surface area contributed by atoms with Gasteiger partial charge in [0.25, 0.3) is 0 Å². The maximum absolute atomic E-state index is 12.6. The molecule has 0 saturated carbocycles. The van der Waals surface area contributed by atoms with Gasteiger partial charge in [-0.25, -0.2) is 0 Å². The van der Waals surface area contributed by atoms with Crippen LogP contribution < -0.4 is 4.74 Å². The zero-order valence-corrected chi connectivity index (χ0v) is 15.2. The van der Waals surface area contributed by atoms with E-state index >= 15 is 0 Å². The highest BCUT2D eigenvalue weighted by Gasteiger charge is 2.33. The lowest BCUT2D eigenvalue weighted by atomic mass is 10.2. The minimum Gasteiger partial charge on any atom is -0.496 e. The van der Waals surface area contributed by atoms with Crippen LogP contribution in [0.25, 0.3) is 6.08 Å². The number of carbonyl (C=O) groups is 2. The molecule has 138 valence electrons. The van der Waals surface area contributed by atoms with Crippen LogP contribution in [0.1, 0.15) is 12.5 Å². The van der Waals surface area contributed by atoms with Crippen LogP contribution in [0.2, 0.25) is 0 Å². The van der Waals surface area contributed by atoms with Crippen molar-refractivity contribution in [3.05, 3.63) is 34.3 Å². The van der Waals surface area contributed by atoms with Crippen LogP contribution in [0.5, 0.6) is 5.75 Å². The van der Waals surface area contributed by atoms with Gasteiger partial charge in [-0.15, -0.1) is 0 Å². The van der Waals surface area contributed by atoms with Gasteiger partial charge in [-0.1, -0.05) is 15.9 Å². The van der Waals surface area contributed by atoms with Gasteiger partial charge < -0.3 is 14.4 Å². The summed E-state index contributed by atoms with van der Waals surface area (Å²) in [6.07, 6.45) is -2.36. The molecule has 1 aromatic rings. The molecule has 0 saturated heterocycles. The molecule has 0 spiro atoms. The van der Waals surface area contributed by atoms with E-state index in [0.717, 1.165) is 6.08 Å². The number of methoxy groups -OCH3 is 1. The first kappa shape index (κ1) is 21.0. The summed E-state index contributed by atoms with van der Waals surface area (Å²) in [4.78, 5) is 23.9. The van der Waals surface area contributed by atoms with Gasteiger partial charge in [0.2, 0.25) is 5.91 Å². The molecule has 9 heteroatoms. The van der Waals surface area contributed by atoms with Crippen LogP contribution in [-0.2, 0) is 14.3 Å². The summed E-state index contributed by atoms with van der Waals surface area (Å²) in [7, 11) is 1.43. The zero-order valence-electron chi connectivity index (χ0n) is 13.6. The second-order valence-corrected chi connectivity index (χ2v) is 5.75. The largest absolute Gasteiger partial charge is 0.496 e. The molecule has 25 heavy (non-hydrogen) atoms. The number of alkyl halides is 3. The minimum atomic E-state index is -4.64.